The van der Waals surface area contributed by atoms with Gasteiger partial charge in [-0.1, -0.05) is 28.1 Å². The zero-order chi connectivity index (χ0) is 20.5. The summed E-state index contributed by atoms with van der Waals surface area (Å²) in [6.45, 7) is 0. The molecule has 2 amide bonds. The van der Waals surface area contributed by atoms with Gasteiger partial charge in [-0.25, -0.2) is 0 Å². The largest absolute Gasteiger partial charge is 0.548 e. The fourth-order valence-electron chi connectivity index (χ4n) is 2.23. The molecular weight excluding hydrogens is 448 g/mol. The Morgan fingerprint density at radius 2 is 2.07 bits per heavy atom. The summed E-state index contributed by atoms with van der Waals surface area (Å²) < 4.78 is 5.82. The van der Waals surface area contributed by atoms with E-state index in [4.69, 9.17) is 4.42 Å². The second-order valence-electron chi connectivity index (χ2n) is 5.67. The Balaban J connectivity index is 2.27. The van der Waals surface area contributed by atoms with Gasteiger partial charge in [-0.2, -0.15) is 11.8 Å². The molecule has 1 heterocycles. The standard InChI is InChI=1S/C19H19BrN2O5S/c1-28-9-7-14(19(25)26)21-17(23)15(11-12-4-2-5-13(20)10-12)22-18(24)16-6-3-8-27-16/h2-6,8,10-11,14H,7,9H2,1H3,(H,21,23)(H,22,24)(H,25,26)/p-1/b15-11-/t14-/m1/s1. The van der Waals surface area contributed by atoms with E-state index in [1.165, 1.54) is 30.2 Å². The van der Waals surface area contributed by atoms with E-state index in [0.717, 1.165) is 4.47 Å². The summed E-state index contributed by atoms with van der Waals surface area (Å²) in [6, 6.07) is 8.88. The lowest BCUT2D eigenvalue weighted by Crippen LogP contribution is -2.50. The molecule has 1 atom stereocenters. The van der Waals surface area contributed by atoms with Gasteiger partial charge in [0, 0.05) is 4.47 Å². The van der Waals surface area contributed by atoms with E-state index in [9.17, 15) is 19.5 Å². The van der Waals surface area contributed by atoms with Crippen LogP contribution in [0.1, 0.15) is 22.5 Å². The van der Waals surface area contributed by atoms with E-state index in [0.29, 0.717) is 11.3 Å². The average molecular weight is 466 g/mol. The number of carboxylic acid groups (broad SMARTS) is 1. The third-order valence-electron chi connectivity index (χ3n) is 3.60. The minimum atomic E-state index is -1.39. The smallest absolute Gasteiger partial charge is 0.291 e. The Morgan fingerprint density at radius 1 is 1.29 bits per heavy atom. The third-order valence-corrected chi connectivity index (χ3v) is 4.74. The van der Waals surface area contributed by atoms with Crippen LogP contribution in [0, 0.1) is 0 Å². The molecule has 1 aromatic heterocycles. The van der Waals surface area contributed by atoms with Crippen LogP contribution in [-0.4, -0.2) is 35.8 Å². The van der Waals surface area contributed by atoms with Gasteiger partial charge in [0.25, 0.3) is 11.8 Å². The Hall–Kier alpha value is -2.52. The van der Waals surface area contributed by atoms with Crippen molar-refractivity contribution >= 4 is 51.6 Å². The molecule has 1 aromatic carbocycles. The molecule has 0 aliphatic carbocycles. The minimum absolute atomic E-state index is 0.0202. The van der Waals surface area contributed by atoms with E-state index < -0.39 is 23.8 Å². The molecule has 0 saturated heterocycles. The van der Waals surface area contributed by atoms with Gasteiger partial charge in [0.15, 0.2) is 5.76 Å². The van der Waals surface area contributed by atoms with Crippen molar-refractivity contribution in [3.63, 3.8) is 0 Å². The molecule has 2 aromatic rings. The van der Waals surface area contributed by atoms with Crippen LogP contribution in [0.5, 0.6) is 0 Å². The van der Waals surface area contributed by atoms with Crippen LogP contribution in [-0.2, 0) is 9.59 Å². The van der Waals surface area contributed by atoms with Crippen LogP contribution in [0.25, 0.3) is 6.08 Å². The fourth-order valence-corrected chi connectivity index (χ4v) is 3.12. The van der Waals surface area contributed by atoms with Crippen molar-refractivity contribution < 1.29 is 23.9 Å². The molecule has 0 spiro atoms. The Morgan fingerprint density at radius 3 is 2.68 bits per heavy atom. The summed E-state index contributed by atoms with van der Waals surface area (Å²) in [6.07, 6.45) is 4.81. The van der Waals surface area contributed by atoms with Gasteiger partial charge in [0.2, 0.25) is 0 Å². The molecule has 0 aliphatic heterocycles. The molecule has 0 unspecified atom stereocenters. The van der Waals surface area contributed by atoms with Crippen LogP contribution in [0.4, 0.5) is 0 Å². The van der Waals surface area contributed by atoms with Crippen molar-refractivity contribution in [3.05, 3.63) is 64.2 Å². The van der Waals surface area contributed by atoms with Gasteiger partial charge < -0.3 is 25.0 Å². The quantitative estimate of drug-likeness (QED) is 0.546. The van der Waals surface area contributed by atoms with Gasteiger partial charge in [-0.3, -0.25) is 9.59 Å². The van der Waals surface area contributed by atoms with Crippen molar-refractivity contribution in [1.82, 2.24) is 10.6 Å². The zero-order valence-corrected chi connectivity index (χ0v) is 17.3. The number of thioether (sulfide) groups is 1. The van der Waals surface area contributed by atoms with Gasteiger partial charge in [0.05, 0.1) is 18.3 Å². The molecule has 0 aliphatic rings. The molecule has 28 heavy (non-hydrogen) atoms. The average Bonchev–Trinajstić information content (AvgIpc) is 3.19. The predicted molar refractivity (Wildman–Crippen MR) is 108 cm³/mol. The summed E-state index contributed by atoms with van der Waals surface area (Å²) in [5.74, 6) is -2.21. The third kappa shape index (κ3) is 6.58. The van der Waals surface area contributed by atoms with Gasteiger partial charge >= 0.3 is 0 Å². The first-order chi connectivity index (χ1) is 13.4. The highest BCUT2D eigenvalue weighted by molar-refractivity contribution is 9.10. The molecule has 2 rings (SSSR count). The number of carbonyl (C=O) groups is 3. The van der Waals surface area contributed by atoms with Gasteiger partial charge in [-0.15, -0.1) is 0 Å². The van der Waals surface area contributed by atoms with Crippen molar-refractivity contribution in [2.24, 2.45) is 0 Å². The summed E-state index contributed by atoms with van der Waals surface area (Å²) in [5, 5.41) is 16.2. The summed E-state index contributed by atoms with van der Waals surface area (Å²) in [7, 11) is 0. The highest BCUT2D eigenvalue weighted by atomic mass is 79.9. The fraction of sp³-hybridized carbons (Fsp3) is 0.211. The number of benzene rings is 1. The molecule has 0 radical (unpaired) electrons. The highest BCUT2D eigenvalue weighted by Crippen LogP contribution is 2.15. The van der Waals surface area contributed by atoms with E-state index >= 15 is 0 Å². The van der Waals surface area contributed by atoms with E-state index in [2.05, 4.69) is 26.6 Å². The van der Waals surface area contributed by atoms with E-state index in [1.807, 2.05) is 12.3 Å². The second kappa shape index (κ2) is 10.7. The molecular formula is C19H18BrN2O5S-. The number of nitrogens with one attached hydrogen (secondary N) is 2. The Kier molecular flexibility index (Phi) is 8.34. The van der Waals surface area contributed by atoms with E-state index in [-0.39, 0.29) is 17.9 Å². The van der Waals surface area contributed by atoms with Crippen molar-refractivity contribution in [2.45, 2.75) is 12.5 Å². The number of hydrogen-bond acceptors (Lipinski definition) is 6. The summed E-state index contributed by atoms with van der Waals surface area (Å²) in [4.78, 5) is 36.3. The number of furan rings is 1. The highest BCUT2D eigenvalue weighted by Gasteiger charge is 2.20. The number of rotatable bonds is 9. The summed E-state index contributed by atoms with van der Waals surface area (Å²) >= 11 is 4.79. The number of amides is 2. The Bertz CT molecular complexity index is 867. The maximum Gasteiger partial charge on any atom is 0.291 e. The molecule has 2 N–H and O–H groups in total. The normalized spacial score (nSPS) is 12.3. The molecule has 0 saturated carbocycles. The van der Waals surface area contributed by atoms with Crippen LogP contribution in [0.15, 0.2) is 57.2 Å². The second-order valence-corrected chi connectivity index (χ2v) is 7.57. The zero-order valence-electron chi connectivity index (χ0n) is 14.9. The lowest BCUT2D eigenvalue weighted by Gasteiger charge is -2.20. The van der Waals surface area contributed by atoms with E-state index in [1.54, 1.807) is 24.3 Å². The lowest BCUT2D eigenvalue weighted by atomic mass is 10.1. The SMILES string of the molecule is CSCC[C@@H](NC(=O)/C(=C/c1cccc(Br)c1)NC(=O)c1ccco1)C(=O)[O-]. The molecule has 7 nitrogen and oxygen atoms in total. The molecule has 9 heteroatoms. The van der Waals surface area contributed by atoms with Gasteiger partial charge in [-0.05, 0) is 54.3 Å². The maximum atomic E-state index is 12.7. The van der Waals surface area contributed by atoms with Crippen LogP contribution in [0.2, 0.25) is 0 Å². The maximum absolute atomic E-state index is 12.7. The minimum Gasteiger partial charge on any atom is -0.548 e. The van der Waals surface area contributed by atoms with Crippen molar-refractivity contribution in [3.8, 4) is 0 Å². The first kappa shape index (κ1) is 21.8. The predicted octanol–water partition coefficient (Wildman–Crippen LogP) is 1.80. The van der Waals surface area contributed by atoms with Crippen LogP contribution < -0.4 is 15.7 Å². The first-order valence-corrected chi connectivity index (χ1v) is 10.4. The van der Waals surface area contributed by atoms with Crippen LogP contribution in [0.3, 0.4) is 0 Å². The van der Waals surface area contributed by atoms with Gasteiger partial charge in [0.1, 0.15) is 5.70 Å². The number of carboxylic acids is 1. The number of halogens is 1. The Labute approximate surface area is 174 Å². The molecule has 148 valence electrons. The first-order valence-electron chi connectivity index (χ1n) is 8.23. The topological polar surface area (TPSA) is 111 Å². The summed E-state index contributed by atoms with van der Waals surface area (Å²) in [5.41, 5.74) is 0.517. The monoisotopic (exact) mass is 465 g/mol. The number of aliphatic carboxylic acids is 1. The van der Waals surface area contributed by atoms with Crippen LogP contribution >= 0.6 is 27.7 Å². The number of carbonyl (C=O) groups excluding carboxylic acids is 3. The molecule has 0 fully saturated rings. The molecule has 0 bridgehead atoms. The van der Waals surface area contributed by atoms with Crippen molar-refractivity contribution in [1.29, 1.82) is 0 Å². The van der Waals surface area contributed by atoms with Crippen molar-refractivity contribution in [2.75, 3.05) is 12.0 Å². The lowest BCUT2D eigenvalue weighted by molar-refractivity contribution is -0.308. The number of hydrogen-bond donors (Lipinski definition) is 2.